The standard InChI is InChI=1S/C12H17NO6S/c1-8(18-2)7-13-20(16,17)9-4-5-11(19-3)10(6-9)12(14)15/h4-6,8,13H,7H2,1-3H3,(H,14,15). The molecule has 1 rings (SSSR count). The van der Waals surface area contributed by atoms with Gasteiger partial charge in [-0.3, -0.25) is 0 Å². The van der Waals surface area contributed by atoms with Gasteiger partial charge in [-0.1, -0.05) is 0 Å². The zero-order valence-electron chi connectivity index (χ0n) is 11.4. The minimum Gasteiger partial charge on any atom is -0.496 e. The average molecular weight is 303 g/mol. The first-order valence-corrected chi connectivity index (χ1v) is 7.24. The van der Waals surface area contributed by atoms with Gasteiger partial charge in [0.25, 0.3) is 0 Å². The summed E-state index contributed by atoms with van der Waals surface area (Å²) < 4.78 is 36.2. The number of hydrogen-bond donors (Lipinski definition) is 2. The van der Waals surface area contributed by atoms with Crippen LogP contribution in [0.4, 0.5) is 0 Å². The Kier molecular flexibility index (Phi) is 5.49. The van der Waals surface area contributed by atoms with Crippen LogP contribution in [0, 0.1) is 0 Å². The van der Waals surface area contributed by atoms with Crippen LogP contribution in [-0.2, 0) is 14.8 Å². The van der Waals surface area contributed by atoms with E-state index in [1.165, 1.54) is 26.4 Å². The van der Waals surface area contributed by atoms with Gasteiger partial charge in [-0.2, -0.15) is 0 Å². The number of carbonyl (C=O) groups is 1. The molecule has 0 saturated heterocycles. The average Bonchev–Trinajstić information content (AvgIpc) is 2.43. The highest BCUT2D eigenvalue weighted by atomic mass is 32.2. The van der Waals surface area contributed by atoms with Crippen LogP contribution in [0.2, 0.25) is 0 Å². The molecule has 0 aromatic heterocycles. The number of hydrogen-bond acceptors (Lipinski definition) is 5. The Balaban J connectivity index is 3.07. The van der Waals surface area contributed by atoms with Crippen LogP contribution >= 0.6 is 0 Å². The molecule has 2 N–H and O–H groups in total. The van der Waals surface area contributed by atoms with Crippen molar-refractivity contribution in [2.45, 2.75) is 17.9 Å². The van der Waals surface area contributed by atoms with Crippen molar-refractivity contribution in [1.29, 1.82) is 0 Å². The lowest BCUT2D eigenvalue weighted by atomic mass is 10.2. The molecular weight excluding hydrogens is 286 g/mol. The summed E-state index contributed by atoms with van der Waals surface area (Å²) >= 11 is 0. The molecule has 0 spiro atoms. The van der Waals surface area contributed by atoms with Crippen molar-refractivity contribution in [2.24, 2.45) is 0 Å². The van der Waals surface area contributed by atoms with E-state index in [0.717, 1.165) is 6.07 Å². The molecule has 1 aromatic carbocycles. The van der Waals surface area contributed by atoms with Crippen molar-refractivity contribution in [3.63, 3.8) is 0 Å². The van der Waals surface area contributed by atoms with Gasteiger partial charge in [0.2, 0.25) is 10.0 Å². The summed E-state index contributed by atoms with van der Waals surface area (Å²) in [6, 6.07) is 3.64. The first kappa shape index (κ1) is 16.4. The summed E-state index contributed by atoms with van der Waals surface area (Å²) in [5.74, 6) is -1.16. The van der Waals surface area contributed by atoms with Crippen LogP contribution in [0.3, 0.4) is 0 Å². The Hall–Kier alpha value is -1.64. The maximum Gasteiger partial charge on any atom is 0.339 e. The topological polar surface area (TPSA) is 102 Å². The zero-order chi connectivity index (χ0) is 15.3. The van der Waals surface area contributed by atoms with Gasteiger partial charge in [0.15, 0.2) is 0 Å². The van der Waals surface area contributed by atoms with Gasteiger partial charge in [-0.25, -0.2) is 17.9 Å². The lowest BCUT2D eigenvalue weighted by Gasteiger charge is -2.12. The fourth-order valence-electron chi connectivity index (χ4n) is 1.42. The Morgan fingerprint density at radius 2 is 2.05 bits per heavy atom. The number of carboxylic acids is 1. The smallest absolute Gasteiger partial charge is 0.339 e. The summed E-state index contributed by atoms with van der Waals surface area (Å²) in [4.78, 5) is 10.9. The molecule has 0 saturated carbocycles. The zero-order valence-corrected chi connectivity index (χ0v) is 12.2. The number of carboxylic acid groups (broad SMARTS) is 1. The van der Waals surface area contributed by atoms with Crippen molar-refractivity contribution in [3.8, 4) is 5.75 Å². The molecule has 0 radical (unpaired) electrons. The van der Waals surface area contributed by atoms with E-state index in [4.69, 9.17) is 14.6 Å². The first-order chi connectivity index (χ1) is 9.31. The van der Waals surface area contributed by atoms with E-state index in [1.54, 1.807) is 6.92 Å². The second-order valence-corrected chi connectivity index (χ2v) is 5.83. The lowest BCUT2D eigenvalue weighted by Crippen LogP contribution is -2.31. The van der Waals surface area contributed by atoms with Crippen molar-refractivity contribution >= 4 is 16.0 Å². The summed E-state index contributed by atoms with van der Waals surface area (Å²) in [6.45, 7) is 1.80. The summed E-state index contributed by atoms with van der Waals surface area (Å²) in [5, 5.41) is 9.03. The number of sulfonamides is 1. The fraction of sp³-hybridized carbons (Fsp3) is 0.417. The Morgan fingerprint density at radius 3 is 2.55 bits per heavy atom. The second-order valence-electron chi connectivity index (χ2n) is 4.07. The quantitative estimate of drug-likeness (QED) is 0.769. The van der Waals surface area contributed by atoms with Crippen LogP contribution in [0.1, 0.15) is 17.3 Å². The van der Waals surface area contributed by atoms with E-state index in [1.807, 2.05) is 0 Å². The molecule has 8 heteroatoms. The fourth-order valence-corrected chi connectivity index (χ4v) is 2.56. The number of rotatable bonds is 7. The van der Waals surface area contributed by atoms with Crippen molar-refractivity contribution in [2.75, 3.05) is 20.8 Å². The third kappa shape index (κ3) is 3.92. The molecular formula is C12H17NO6S. The van der Waals surface area contributed by atoms with E-state index >= 15 is 0 Å². The van der Waals surface area contributed by atoms with Crippen LogP contribution in [0.5, 0.6) is 5.75 Å². The van der Waals surface area contributed by atoms with E-state index in [9.17, 15) is 13.2 Å². The van der Waals surface area contributed by atoms with E-state index in [2.05, 4.69) is 4.72 Å². The number of methoxy groups -OCH3 is 2. The maximum absolute atomic E-state index is 12.0. The normalized spacial score (nSPS) is 12.9. The van der Waals surface area contributed by atoms with Gasteiger partial charge < -0.3 is 14.6 Å². The molecule has 0 amide bonds. The minimum atomic E-state index is -3.80. The molecule has 0 aliphatic rings. The van der Waals surface area contributed by atoms with Gasteiger partial charge in [-0.15, -0.1) is 0 Å². The molecule has 1 atom stereocenters. The number of nitrogens with one attached hydrogen (secondary N) is 1. The van der Waals surface area contributed by atoms with Gasteiger partial charge in [0.1, 0.15) is 11.3 Å². The molecule has 0 bridgehead atoms. The Bertz CT molecular complexity index is 584. The van der Waals surface area contributed by atoms with Crippen molar-refractivity contribution < 1.29 is 27.8 Å². The van der Waals surface area contributed by atoms with E-state index in [-0.39, 0.29) is 28.9 Å². The highest BCUT2D eigenvalue weighted by Gasteiger charge is 2.19. The SMILES string of the molecule is COc1ccc(S(=O)(=O)NCC(C)OC)cc1C(=O)O. The lowest BCUT2D eigenvalue weighted by molar-refractivity contribution is 0.0693. The third-order valence-electron chi connectivity index (χ3n) is 2.67. The highest BCUT2D eigenvalue weighted by Crippen LogP contribution is 2.22. The summed E-state index contributed by atoms with van der Waals surface area (Å²) in [5.41, 5.74) is -0.213. The molecule has 7 nitrogen and oxygen atoms in total. The third-order valence-corrected chi connectivity index (χ3v) is 4.10. The molecule has 0 fully saturated rings. The van der Waals surface area contributed by atoms with Crippen LogP contribution in [-0.4, -0.2) is 46.4 Å². The molecule has 20 heavy (non-hydrogen) atoms. The monoisotopic (exact) mass is 303 g/mol. The van der Waals surface area contributed by atoms with Crippen LogP contribution in [0.15, 0.2) is 23.1 Å². The van der Waals surface area contributed by atoms with Gasteiger partial charge in [-0.05, 0) is 25.1 Å². The van der Waals surface area contributed by atoms with E-state index < -0.39 is 16.0 Å². The van der Waals surface area contributed by atoms with Gasteiger partial charge in [0.05, 0.1) is 18.1 Å². The number of ether oxygens (including phenoxy) is 2. The highest BCUT2D eigenvalue weighted by molar-refractivity contribution is 7.89. The first-order valence-electron chi connectivity index (χ1n) is 5.75. The molecule has 1 aromatic rings. The largest absolute Gasteiger partial charge is 0.496 e. The van der Waals surface area contributed by atoms with Crippen LogP contribution < -0.4 is 9.46 Å². The van der Waals surface area contributed by atoms with Crippen molar-refractivity contribution in [3.05, 3.63) is 23.8 Å². The van der Waals surface area contributed by atoms with E-state index in [0.29, 0.717) is 0 Å². The molecule has 1 unspecified atom stereocenters. The molecule has 0 aliphatic heterocycles. The summed E-state index contributed by atoms with van der Waals surface area (Å²) in [7, 11) is -1.01. The predicted molar refractivity (Wildman–Crippen MR) is 71.6 cm³/mol. The molecule has 0 heterocycles. The summed E-state index contributed by atoms with van der Waals surface area (Å²) in [6.07, 6.45) is -0.290. The maximum atomic E-state index is 12.0. The molecule has 0 aliphatic carbocycles. The van der Waals surface area contributed by atoms with Crippen molar-refractivity contribution in [1.82, 2.24) is 4.72 Å². The second kappa shape index (κ2) is 6.69. The van der Waals surface area contributed by atoms with Crippen LogP contribution in [0.25, 0.3) is 0 Å². The predicted octanol–water partition coefficient (Wildman–Crippen LogP) is 0.707. The number of aromatic carboxylic acids is 1. The van der Waals surface area contributed by atoms with Gasteiger partial charge >= 0.3 is 5.97 Å². The Labute approximate surface area is 117 Å². The Morgan fingerprint density at radius 1 is 1.40 bits per heavy atom. The molecule has 112 valence electrons. The number of benzene rings is 1. The van der Waals surface area contributed by atoms with Gasteiger partial charge in [0, 0.05) is 13.7 Å². The minimum absolute atomic E-state index is 0.0905.